The van der Waals surface area contributed by atoms with Crippen LogP contribution in [0.3, 0.4) is 0 Å². The van der Waals surface area contributed by atoms with E-state index >= 15 is 0 Å². The van der Waals surface area contributed by atoms with Crippen LogP contribution in [0.4, 0.5) is 4.79 Å². The molecule has 2 amide bonds. The first kappa shape index (κ1) is 10.8. The van der Waals surface area contributed by atoms with Crippen molar-refractivity contribution in [2.45, 2.75) is 12.5 Å². The Bertz CT molecular complexity index is 365. The Morgan fingerprint density at radius 3 is 2.94 bits per heavy atom. The number of nitrogens with zero attached hydrogens (tertiary/aromatic N) is 1. The van der Waals surface area contributed by atoms with Crippen molar-refractivity contribution in [3.63, 3.8) is 0 Å². The summed E-state index contributed by atoms with van der Waals surface area (Å²) in [5.74, 6) is 0.937. The first-order valence-corrected chi connectivity index (χ1v) is 5.36. The molecular formula is C12H16N2O2. The van der Waals surface area contributed by atoms with Crippen LogP contribution in [0.5, 0.6) is 5.75 Å². The highest BCUT2D eigenvalue weighted by Gasteiger charge is 2.22. The summed E-state index contributed by atoms with van der Waals surface area (Å²) in [4.78, 5) is 12.8. The molecule has 1 atom stereocenters. The molecule has 0 saturated heterocycles. The summed E-state index contributed by atoms with van der Waals surface area (Å²) < 4.78 is 5.70. The number of nitrogens with one attached hydrogen (secondary N) is 1. The van der Waals surface area contributed by atoms with Crippen molar-refractivity contribution in [1.29, 1.82) is 0 Å². The van der Waals surface area contributed by atoms with E-state index < -0.39 is 0 Å². The molecule has 86 valence electrons. The Kier molecular flexibility index (Phi) is 2.99. The van der Waals surface area contributed by atoms with E-state index in [1.807, 2.05) is 18.2 Å². The molecule has 0 aliphatic carbocycles. The standard InChI is InChI=1S/C12H16N2O2/c1-14(2)12(15)13-8-10-7-9-5-3-4-6-11(9)16-10/h3-6,10H,7-8H2,1-2H3,(H,13,15). The normalized spacial score (nSPS) is 17.5. The van der Waals surface area contributed by atoms with Crippen molar-refractivity contribution < 1.29 is 9.53 Å². The van der Waals surface area contributed by atoms with Crippen LogP contribution in [-0.2, 0) is 6.42 Å². The lowest BCUT2D eigenvalue weighted by Gasteiger charge is -2.15. The Morgan fingerprint density at radius 1 is 1.50 bits per heavy atom. The lowest BCUT2D eigenvalue weighted by Crippen LogP contribution is -2.40. The number of carbonyl (C=O) groups excluding carboxylic acids is 1. The molecule has 1 aromatic carbocycles. The maximum Gasteiger partial charge on any atom is 0.317 e. The Labute approximate surface area is 95.2 Å². The summed E-state index contributed by atoms with van der Waals surface area (Å²) in [7, 11) is 3.44. The van der Waals surface area contributed by atoms with E-state index in [9.17, 15) is 4.79 Å². The summed E-state index contributed by atoms with van der Waals surface area (Å²) in [6.07, 6.45) is 0.922. The molecule has 1 aromatic rings. The van der Waals surface area contributed by atoms with Crippen LogP contribution in [0.15, 0.2) is 24.3 Å². The molecule has 1 heterocycles. The van der Waals surface area contributed by atoms with Crippen molar-refractivity contribution >= 4 is 6.03 Å². The molecule has 2 rings (SSSR count). The molecule has 4 heteroatoms. The van der Waals surface area contributed by atoms with E-state index in [1.54, 1.807) is 14.1 Å². The van der Waals surface area contributed by atoms with Gasteiger partial charge in [-0.2, -0.15) is 0 Å². The molecule has 0 bridgehead atoms. The van der Waals surface area contributed by atoms with Crippen molar-refractivity contribution in [1.82, 2.24) is 10.2 Å². The molecule has 16 heavy (non-hydrogen) atoms. The Morgan fingerprint density at radius 2 is 2.25 bits per heavy atom. The average molecular weight is 220 g/mol. The van der Waals surface area contributed by atoms with Gasteiger partial charge in [0.25, 0.3) is 0 Å². The molecule has 0 fully saturated rings. The Balaban J connectivity index is 1.86. The fourth-order valence-electron chi connectivity index (χ4n) is 1.73. The fraction of sp³-hybridized carbons (Fsp3) is 0.417. The van der Waals surface area contributed by atoms with Gasteiger partial charge < -0.3 is 15.0 Å². The second kappa shape index (κ2) is 4.43. The third-order valence-electron chi connectivity index (χ3n) is 2.60. The van der Waals surface area contributed by atoms with Gasteiger partial charge in [-0.05, 0) is 11.6 Å². The molecule has 1 aliphatic heterocycles. The SMILES string of the molecule is CN(C)C(=O)NCC1Cc2ccccc2O1. The topological polar surface area (TPSA) is 41.6 Å². The van der Waals surface area contributed by atoms with Gasteiger partial charge in [0.1, 0.15) is 11.9 Å². The highest BCUT2D eigenvalue weighted by Crippen LogP contribution is 2.27. The third-order valence-corrected chi connectivity index (χ3v) is 2.60. The van der Waals surface area contributed by atoms with Crippen LogP contribution in [-0.4, -0.2) is 37.7 Å². The van der Waals surface area contributed by atoms with Gasteiger partial charge in [-0.3, -0.25) is 0 Å². The molecular weight excluding hydrogens is 204 g/mol. The minimum absolute atomic E-state index is 0.0568. The zero-order chi connectivity index (χ0) is 11.5. The second-order valence-electron chi connectivity index (χ2n) is 4.13. The summed E-state index contributed by atoms with van der Waals surface area (Å²) >= 11 is 0. The zero-order valence-electron chi connectivity index (χ0n) is 9.56. The van der Waals surface area contributed by atoms with Gasteiger partial charge in [0.2, 0.25) is 0 Å². The number of carbonyl (C=O) groups is 1. The molecule has 0 aromatic heterocycles. The number of amides is 2. The van der Waals surface area contributed by atoms with Crippen LogP contribution in [0.2, 0.25) is 0 Å². The smallest absolute Gasteiger partial charge is 0.317 e. The van der Waals surface area contributed by atoms with Crippen molar-refractivity contribution in [2.24, 2.45) is 0 Å². The van der Waals surface area contributed by atoms with Gasteiger partial charge >= 0.3 is 6.03 Å². The first-order chi connectivity index (χ1) is 7.66. The highest BCUT2D eigenvalue weighted by atomic mass is 16.5. The molecule has 1 N–H and O–H groups in total. The van der Waals surface area contributed by atoms with Crippen LogP contribution in [0, 0.1) is 0 Å². The zero-order valence-corrected chi connectivity index (χ0v) is 9.56. The summed E-state index contributed by atoms with van der Waals surface area (Å²) in [6.45, 7) is 0.547. The molecule has 0 spiro atoms. The minimum Gasteiger partial charge on any atom is -0.488 e. The largest absolute Gasteiger partial charge is 0.488 e. The molecule has 1 unspecified atom stereocenters. The number of rotatable bonds is 2. The van der Waals surface area contributed by atoms with Crippen molar-refractivity contribution in [3.8, 4) is 5.75 Å². The summed E-state index contributed by atoms with van der Waals surface area (Å²) in [6, 6.07) is 7.90. The second-order valence-corrected chi connectivity index (χ2v) is 4.13. The van der Waals surface area contributed by atoms with Gasteiger partial charge in [0.15, 0.2) is 0 Å². The van der Waals surface area contributed by atoms with E-state index in [0.717, 1.165) is 12.2 Å². The summed E-state index contributed by atoms with van der Waals surface area (Å²) in [5.41, 5.74) is 1.21. The molecule has 0 saturated carbocycles. The third kappa shape index (κ3) is 2.27. The van der Waals surface area contributed by atoms with E-state index in [1.165, 1.54) is 10.5 Å². The van der Waals surface area contributed by atoms with Crippen molar-refractivity contribution in [3.05, 3.63) is 29.8 Å². The molecule has 4 nitrogen and oxygen atoms in total. The predicted molar refractivity (Wildman–Crippen MR) is 61.6 cm³/mol. The molecule has 0 radical (unpaired) electrons. The van der Waals surface area contributed by atoms with E-state index in [4.69, 9.17) is 4.74 Å². The lowest BCUT2D eigenvalue weighted by molar-refractivity contribution is 0.199. The minimum atomic E-state index is -0.0837. The van der Waals surface area contributed by atoms with Gasteiger partial charge in [-0.1, -0.05) is 18.2 Å². The van der Waals surface area contributed by atoms with Gasteiger partial charge in [0, 0.05) is 20.5 Å². The number of ether oxygens (including phenoxy) is 1. The number of hydrogen-bond donors (Lipinski definition) is 1. The maximum absolute atomic E-state index is 11.3. The number of para-hydroxylation sites is 1. The van der Waals surface area contributed by atoms with Gasteiger partial charge in [-0.15, -0.1) is 0 Å². The lowest BCUT2D eigenvalue weighted by atomic mass is 10.1. The van der Waals surface area contributed by atoms with Crippen LogP contribution < -0.4 is 10.1 Å². The van der Waals surface area contributed by atoms with E-state index in [2.05, 4.69) is 11.4 Å². The quantitative estimate of drug-likeness (QED) is 0.815. The number of benzene rings is 1. The molecule has 1 aliphatic rings. The predicted octanol–water partition coefficient (Wildman–Crippen LogP) is 1.26. The van der Waals surface area contributed by atoms with Crippen LogP contribution in [0.1, 0.15) is 5.56 Å². The fourth-order valence-corrected chi connectivity index (χ4v) is 1.73. The summed E-state index contributed by atoms with van der Waals surface area (Å²) in [5, 5.41) is 2.82. The maximum atomic E-state index is 11.3. The number of urea groups is 1. The van der Waals surface area contributed by atoms with E-state index in [0.29, 0.717) is 6.54 Å². The number of hydrogen-bond acceptors (Lipinski definition) is 2. The highest BCUT2D eigenvalue weighted by molar-refractivity contribution is 5.73. The van der Waals surface area contributed by atoms with Crippen molar-refractivity contribution in [2.75, 3.05) is 20.6 Å². The van der Waals surface area contributed by atoms with Crippen LogP contribution in [0.25, 0.3) is 0 Å². The van der Waals surface area contributed by atoms with Gasteiger partial charge in [0.05, 0.1) is 6.54 Å². The van der Waals surface area contributed by atoms with Crippen LogP contribution >= 0.6 is 0 Å². The first-order valence-electron chi connectivity index (χ1n) is 5.36. The Hall–Kier alpha value is -1.71. The monoisotopic (exact) mass is 220 g/mol. The number of fused-ring (bicyclic) bond motifs is 1. The average Bonchev–Trinajstić information content (AvgIpc) is 2.68. The van der Waals surface area contributed by atoms with E-state index in [-0.39, 0.29) is 12.1 Å². The van der Waals surface area contributed by atoms with Gasteiger partial charge in [-0.25, -0.2) is 4.79 Å².